The van der Waals surface area contributed by atoms with Gasteiger partial charge in [0.05, 0.1) is 6.04 Å². The first-order valence-corrected chi connectivity index (χ1v) is 7.89. The number of aromatic nitrogens is 4. The molecule has 2 aromatic rings. The third-order valence-electron chi connectivity index (χ3n) is 4.46. The quantitative estimate of drug-likeness (QED) is 0.900. The van der Waals surface area contributed by atoms with Crippen LogP contribution in [0.25, 0.3) is 11.2 Å². The first-order chi connectivity index (χ1) is 10.5. The Morgan fingerprint density at radius 2 is 2.09 bits per heavy atom. The number of nitrogens with one attached hydrogen (secondary N) is 1. The molecule has 1 fully saturated rings. The van der Waals surface area contributed by atoms with E-state index in [1.807, 2.05) is 32.4 Å². The summed E-state index contributed by atoms with van der Waals surface area (Å²) in [5, 5.41) is 3.22. The van der Waals surface area contributed by atoms with Gasteiger partial charge in [0.15, 0.2) is 11.2 Å². The highest BCUT2D eigenvalue weighted by Crippen LogP contribution is 2.18. The van der Waals surface area contributed by atoms with Crippen molar-refractivity contribution in [2.45, 2.75) is 45.7 Å². The van der Waals surface area contributed by atoms with E-state index in [1.54, 1.807) is 4.57 Å². The van der Waals surface area contributed by atoms with Crippen molar-refractivity contribution in [3.05, 3.63) is 26.7 Å². The molecule has 0 aromatic carbocycles. The number of imidazole rings is 1. The zero-order valence-corrected chi connectivity index (χ0v) is 13.6. The second-order valence-electron chi connectivity index (χ2n) is 6.20. The first-order valence-electron chi connectivity index (χ1n) is 7.89. The van der Waals surface area contributed by atoms with Crippen molar-refractivity contribution in [2.24, 2.45) is 7.05 Å². The summed E-state index contributed by atoms with van der Waals surface area (Å²) in [6, 6.07) is -0.0698. The highest BCUT2D eigenvalue weighted by atomic mass is 16.2. The van der Waals surface area contributed by atoms with Crippen LogP contribution in [0.1, 0.15) is 45.0 Å². The van der Waals surface area contributed by atoms with Crippen molar-refractivity contribution in [2.75, 3.05) is 13.1 Å². The molecule has 1 atom stereocenters. The number of hydrogen-bond donors (Lipinski definition) is 1. The van der Waals surface area contributed by atoms with Gasteiger partial charge in [-0.1, -0.05) is 13.8 Å². The van der Waals surface area contributed by atoms with Crippen molar-refractivity contribution in [3.63, 3.8) is 0 Å². The third-order valence-corrected chi connectivity index (χ3v) is 4.46. The number of hydrogen-bond acceptors (Lipinski definition) is 4. The van der Waals surface area contributed by atoms with Crippen molar-refractivity contribution in [3.8, 4) is 0 Å². The molecular formula is C15H23N5O2. The fourth-order valence-electron chi connectivity index (χ4n) is 3.33. The van der Waals surface area contributed by atoms with Crippen LogP contribution in [-0.2, 0) is 13.6 Å². The van der Waals surface area contributed by atoms with Gasteiger partial charge in [0.1, 0.15) is 5.82 Å². The predicted molar refractivity (Wildman–Crippen MR) is 85.5 cm³/mol. The molecule has 0 saturated carbocycles. The molecule has 1 saturated heterocycles. The van der Waals surface area contributed by atoms with Gasteiger partial charge in [-0.25, -0.2) is 9.78 Å². The highest BCUT2D eigenvalue weighted by molar-refractivity contribution is 5.71. The molecule has 0 radical (unpaired) electrons. The second-order valence-corrected chi connectivity index (χ2v) is 6.20. The monoisotopic (exact) mass is 305 g/mol. The molecule has 120 valence electrons. The summed E-state index contributed by atoms with van der Waals surface area (Å²) in [6.45, 7) is 7.99. The van der Waals surface area contributed by atoms with Crippen LogP contribution in [0.2, 0.25) is 0 Å². The fourth-order valence-corrected chi connectivity index (χ4v) is 3.33. The van der Waals surface area contributed by atoms with Crippen LogP contribution in [0.3, 0.4) is 0 Å². The standard InChI is InChI=1S/C15H23N5O2/c1-5-19-13-11(18(4)12(17-13)9(2)3)14(21)20(15(19)22)10-6-7-16-8-10/h9-10,16H,5-8H2,1-4H3. The first kappa shape index (κ1) is 15.0. The van der Waals surface area contributed by atoms with Gasteiger partial charge >= 0.3 is 5.69 Å². The van der Waals surface area contributed by atoms with Crippen LogP contribution in [0.5, 0.6) is 0 Å². The highest BCUT2D eigenvalue weighted by Gasteiger charge is 2.26. The molecule has 0 amide bonds. The topological polar surface area (TPSA) is 73.8 Å². The average molecular weight is 305 g/mol. The van der Waals surface area contributed by atoms with Gasteiger partial charge in [0.2, 0.25) is 0 Å². The Labute approximate surface area is 128 Å². The zero-order chi connectivity index (χ0) is 16.0. The predicted octanol–water partition coefficient (Wildman–Crippen LogP) is 0.574. The van der Waals surface area contributed by atoms with E-state index in [4.69, 9.17) is 0 Å². The van der Waals surface area contributed by atoms with Gasteiger partial charge in [-0.3, -0.25) is 13.9 Å². The Bertz CT molecular complexity index is 821. The lowest BCUT2D eigenvalue weighted by Gasteiger charge is -2.15. The minimum Gasteiger partial charge on any atom is -0.325 e. The Morgan fingerprint density at radius 1 is 1.36 bits per heavy atom. The van der Waals surface area contributed by atoms with Crippen LogP contribution >= 0.6 is 0 Å². The van der Waals surface area contributed by atoms with E-state index >= 15 is 0 Å². The number of nitrogens with zero attached hydrogens (tertiary/aromatic N) is 4. The lowest BCUT2D eigenvalue weighted by atomic mass is 10.2. The van der Waals surface area contributed by atoms with E-state index in [1.165, 1.54) is 4.57 Å². The lowest BCUT2D eigenvalue weighted by molar-refractivity contribution is 0.483. The number of aryl methyl sites for hydroxylation is 2. The molecule has 3 heterocycles. The zero-order valence-electron chi connectivity index (χ0n) is 13.6. The number of fused-ring (bicyclic) bond motifs is 1. The Balaban J connectivity index is 2.41. The maximum atomic E-state index is 12.9. The number of rotatable bonds is 3. The molecule has 7 nitrogen and oxygen atoms in total. The lowest BCUT2D eigenvalue weighted by Crippen LogP contribution is -2.43. The minimum absolute atomic E-state index is 0.0698. The second kappa shape index (κ2) is 5.39. The maximum Gasteiger partial charge on any atom is 0.333 e. The van der Waals surface area contributed by atoms with E-state index in [2.05, 4.69) is 10.3 Å². The molecule has 2 aromatic heterocycles. The van der Waals surface area contributed by atoms with Gasteiger partial charge < -0.3 is 9.88 Å². The smallest absolute Gasteiger partial charge is 0.325 e. The van der Waals surface area contributed by atoms with Gasteiger partial charge in [-0.05, 0) is 19.9 Å². The van der Waals surface area contributed by atoms with E-state index in [0.29, 0.717) is 24.3 Å². The molecular weight excluding hydrogens is 282 g/mol. The third kappa shape index (κ3) is 2.03. The summed E-state index contributed by atoms with van der Waals surface area (Å²) in [5.41, 5.74) is 0.561. The van der Waals surface area contributed by atoms with Gasteiger partial charge in [-0.15, -0.1) is 0 Å². The summed E-state index contributed by atoms with van der Waals surface area (Å²) < 4.78 is 4.87. The molecule has 0 spiro atoms. The summed E-state index contributed by atoms with van der Waals surface area (Å²) in [5.74, 6) is 1.02. The van der Waals surface area contributed by atoms with Crippen LogP contribution in [-0.4, -0.2) is 31.8 Å². The minimum atomic E-state index is -0.248. The Morgan fingerprint density at radius 3 is 2.64 bits per heavy atom. The van der Waals surface area contributed by atoms with Crippen molar-refractivity contribution < 1.29 is 0 Å². The molecule has 1 N–H and O–H groups in total. The maximum absolute atomic E-state index is 12.9. The van der Waals surface area contributed by atoms with Crippen LogP contribution in [0.4, 0.5) is 0 Å². The van der Waals surface area contributed by atoms with E-state index < -0.39 is 0 Å². The van der Waals surface area contributed by atoms with Crippen LogP contribution in [0, 0.1) is 0 Å². The Kier molecular flexibility index (Phi) is 3.68. The molecule has 1 aliphatic heterocycles. The largest absolute Gasteiger partial charge is 0.333 e. The van der Waals surface area contributed by atoms with Crippen LogP contribution in [0.15, 0.2) is 9.59 Å². The van der Waals surface area contributed by atoms with Crippen molar-refractivity contribution in [1.29, 1.82) is 0 Å². The summed E-state index contributed by atoms with van der Waals surface area (Å²) >= 11 is 0. The Hall–Kier alpha value is -1.89. The molecule has 3 rings (SSSR count). The molecule has 22 heavy (non-hydrogen) atoms. The van der Waals surface area contributed by atoms with E-state index in [9.17, 15) is 9.59 Å². The SMILES string of the molecule is CCn1c(=O)n(C2CCNC2)c(=O)c2c1nc(C(C)C)n2C. The van der Waals surface area contributed by atoms with E-state index in [-0.39, 0.29) is 23.2 Å². The van der Waals surface area contributed by atoms with Gasteiger partial charge in [0, 0.05) is 26.1 Å². The molecule has 1 unspecified atom stereocenters. The van der Waals surface area contributed by atoms with Crippen molar-refractivity contribution >= 4 is 11.2 Å². The molecule has 0 bridgehead atoms. The van der Waals surface area contributed by atoms with Gasteiger partial charge in [0.25, 0.3) is 5.56 Å². The molecule has 1 aliphatic rings. The average Bonchev–Trinajstić information content (AvgIpc) is 3.08. The normalized spacial score (nSPS) is 18.7. The fraction of sp³-hybridized carbons (Fsp3) is 0.667. The van der Waals surface area contributed by atoms with Crippen LogP contribution < -0.4 is 16.6 Å². The molecule has 7 heteroatoms. The summed E-state index contributed by atoms with van der Waals surface area (Å²) in [4.78, 5) is 30.3. The van der Waals surface area contributed by atoms with Crippen molar-refractivity contribution in [1.82, 2.24) is 24.0 Å². The van der Waals surface area contributed by atoms with Gasteiger partial charge in [-0.2, -0.15) is 0 Å². The summed E-state index contributed by atoms with van der Waals surface area (Å²) in [6.07, 6.45) is 0.805. The summed E-state index contributed by atoms with van der Waals surface area (Å²) in [7, 11) is 1.85. The molecule has 0 aliphatic carbocycles. The van der Waals surface area contributed by atoms with E-state index in [0.717, 1.165) is 18.8 Å².